The van der Waals surface area contributed by atoms with E-state index in [0.29, 0.717) is 0 Å². The van der Waals surface area contributed by atoms with E-state index in [9.17, 15) is 0 Å². The van der Waals surface area contributed by atoms with Gasteiger partial charge in [-0.15, -0.1) is 11.3 Å². The number of fused-ring (bicyclic) bond motifs is 4. The molecule has 8 aromatic rings. The topological polar surface area (TPSA) is 48.5 Å². The van der Waals surface area contributed by atoms with Crippen molar-refractivity contribution >= 4 is 43.4 Å². The van der Waals surface area contributed by atoms with Crippen molar-refractivity contribution in [3.8, 4) is 33.2 Å². The van der Waals surface area contributed by atoms with Gasteiger partial charge in [-0.1, -0.05) is 54.6 Å². The maximum absolute atomic E-state index is 4.92. The molecule has 0 aliphatic carbocycles. The molecule has 0 spiro atoms. The molecule has 5 nitrogen and oxygen atoms in total. The van der Waals surface area contributed by atoms with E-state index in [4.69, 9.17) is 9.97 Å². The molecule has 0 radical (unpaired) electrons. The zero-order valence-corrected chi connectivity index (χ0v) is 21.6. The first kappa shape index (κ1) is 22.0. The van der Waals surface area contributed by atoms with Crippen LogP contribution in [0.1, 0.15) is 0 Å². The quantitative estimate of drug-likeness (QED) is 0.235. The van der Waals surface area contributed by atoms with Crippen LogP contribution >= 0.6 is 11.3 Å². The third-order valence-electron chi connectivity index (χ3n) is 7.13. The van der Waals surface area contributed by atoms with E-state index < -0.39 is 0 Å². The number of hydrogen-bond donors (Lipinski definition) is 0. The maximum atomic E-state index is 4.92. The summed E-state index contributed by atoms with van der Waals surface area (Å²) in [7, 11) is 0. The molecule has 0 N–H and O–H groups in total. The van der Waals surface area contributed by atoms with Gasteiger partial charge in [0.05, 0.1) is 38.8 Å². The monoisotopic (exact) mass is 519 g/mol. The van der Waals surface area contributed by atoms with E-state index >= 15 is 0 Å². The van der Waals surface area contributed by atoms with Gasteiger partial charge in [-0.2, -0.15) is 5.10 Å². The van der Waals surface area contributed by atoms with E-state index in [1.54, 1.807) is 17.5 Å². The molecule has 0 atom stereocenters. The molecule has 0 aliphatic heterocycles. The van der Waals surface area contributed by atoms with Crippen molar-refractivity contribution in [2.45, 2.75) is 0 Å². The van der Waals surface area contributed by atoms with Gasteiger partial charge in [-0.3, -0.25) is 4.98 Å². The standard InChI is InChI=1S/C33H21N5S/c1-3-11-30-26(9-1)27-15-13-23(33-36-29-10-2-4-12-32(29)39-33)20-31(27)38(30)24-8-5-7-22(19-24)28-16-14-25(21-34-28)37-18-6-17-35-37/h1-21H. The summed E-state index contributed by atoms with van der Waals surface area (Å²) in [6.07, 6.45) is 5.55. The fourth-order valence-corrected chi connectivity index (χ4v) is 6.26. The first-order valence-corrected chi connectivity index (χ1v) is 13.6. The van der Waals surface area contributed by atoms with Crippen molar-refractivity contribution in [3.05, 3.63) is 128 Å². The van der Waals surface area contributed by atoms with Crippen LogP contribution < -0.4 is 0 Å². The van der Waals surface area contributed by atoms with Crippen LogP contribution in [0, 0.1) is 0 Å². The van der Waals surface area contributed by atoms with Crippen LogP contribution in [0.3, 0.4) is 0 Å². The predicted octanol–water partition coefficient (Wildman–Crippen LogP) is 8.31. The van der Waals surface area contributed by atoms with Crippen LogP contribution in [-0.2, 0) is 0 Å². The highest BCUT2D eigenvalue weighted by atomic mass is 32.1. The van der Waals surface area contributed by atoms with Gasteiger partial charge in [0, 0.05) is 40.0 Å². The van der Waals surface area contributed by atoms with Crippen LogP contribution in [0.15, 0.2) is 128 Å². The number of aromatic nitrogens is 5. The van der Waals surface area contributed by atoms with E-state index in [2.05, 4.69) is 94.6 Å². The zero-order valence-electron chi connectivity index (χ0n) is 20.8. The normalized spacial score (nSPS) is 11.6. The fourth-order valence-electron chi connectivity index (χ4n) is 5.30. The lowest BCUT2D eigenvalue weighted by atomic mass is 10.1. The second kappa shape index (κ2) is 8.75. The molecule has 0 bridgehead atoms. The average molecular weight is 520 g/mol. The fraction of sp³-hybridized carbons (Fsp3) is 0. The molecular formula is C33H21N5S. The number of para-hydroxylation sites is 2. The summed E-state index contributed by atoms with van der Waals surface area (Å²) in [4.78, 5) is 9.67. The first-order chi connectivity index (χ1) is 19.3. The number of thiazole rings is 1. The van der Waals surface area contributed by atoms with Crippen LogP contribution in [0.2, 0.25) is 0 Å². The Morgan fingerprint density at radius 3 is 2.41 bits per heavy atom. The third kappa shape index (κ3) is 3.65. The summed E-state index contributed by atoms with van der Waals surface area (Å²) in [5, 5.41) is 7.79. The SMILES string of the molecule is c1cc(-c2ccc(-n3cccn3)cn2)cc(-n2c3ccccc3c3ccc(-c4nc5ccccc5s4)cc32)c1. The first-order valence-electron chi connectivity index (χ1n) is 12.8. The van der Waals surface area contributed by atoms with E-state index in [1.807, 2.05) is 41.3 Å². The minimum absolute atomic E-state index is 0.920. The summed E-state index contributed by atoms with van der Waals surface area (Å²) in [6.45, 7) is 0. The van der Waals surface area contributed by atoms with Gasteiger partial charge in [0.1, 0.15) is 5.01 Å². The van der Waals surface area contributed by atoms with Crippen molar-refractivity contribution < 1.29 is 0 Å². The summed E-state index contributed by atoms with van der Waals surface area (Å²) in [6, 6.07) is 38.2. The van der Waals surface area contributed by atoms with Gasteiger partial charge < -0.3 is 4.57 Å². The van der Waals surface area contributed by atoms with Gasteiger partial charge in [-0.05, 0) is 54.6 Å². The van der Waals surface area contributed by atoms with E-state index in [-0.39, 0.29) is 0 Å². The lowest BCUT2D eigenvalue weighted by Gasteiger charge is -2.11. The Balaban J connectivity index is 1.28. The Bertz CT molecular complexity index is 2090. The van der Waals surface area contributed by atoms with E-state index in [1.165, 1.54) is 21.0 Å². The van der Waals surface area contributed by atoms with Gasteiger partial charge in [0.15, 0.2) is 0 Å². The second-order valence-corrected chi connectivity index (χ2v) is 10.5. The third-order valence-corrected chi connectivity index (χ3v) is 8.22. The molecule has 8 rings (SSSR count). The van der Waals surface area contributed by atoms with Crippen molar-refractivity contribution in [1.82, 2.24) is 24.3 Å². The summed E-state index contributed by atoms with van der Waals surface area (Å²) in [5.41, 5.74) is 8.51. The minimum Gasteiger partial charge on any atom is -0.309 e. The number of rotatable bonds is 4. The lowest BCUT2D eigenvalue weighted by molar-refractivity contribution is 0.874. The van der Waals surface area contributed by atoms with Gasteiger partial charge in [-0.25, -0.2) is 9.67 Å². The molecule has 184 valence electrons. The molecule has 39 heavy (non-hydrogen) atoms. The Morgan fingerprint density at radius 1 is 0.641 bits per heavy atom. The number of nitrogens with zero attached hydrogens (tertiary/aromatic N) is 5. The molecule has 0 fully saturated rings. The molecule has 0 unspecified atom stereocenters. The van der Waals surface area contributed by atoms with Crippen molar-refractivity contribution in [2.24, 2.45) is 0 Å². The highest BCUT2D eigenvalue weighted by molar-refractivity contribution is 7.21. The minimum atomic E-state index is 0.920. The van der Waals surface area contributed by atoms with Crippen LogP contribution in [0.5, 0.6) is 0 Å². The molecular weight excluding hydrogens is 498 g/mol. The second-order valence-electron chi connectivity index (χ2n) is 9.47. The molecule has 0 aliphatic rings. The number of hydrogen-bond acceptors (Lipinski definition) is 4. The maximum Gasteiger partial charge on any atom is 0.124 e. The highest BCUT2D eigenvalue weighted by Crippen LogP contribution is 2.37. The Kier molecular flexibility index (Phi) is 4.93. The molecule has 6 heteroatoms. The molecule has 4 aromatic heterocycles. The van der Waals surface area contributed by atoms with Gasteiger partial charge in [0.25, 0.3) is 0 Å². The smallest absolute Gasteiger partial charge is 0.124 e. The van der Waals surface area contributed by atoms with Crippen LogP contribution in [0.25, 0.3) is 65.2 Å². The summed E-state index contributed by atoms with van der Waals surface area (Å²) < 4.78 is 5.36. The Hall–Kier alpha value is -5.07. The molecule has 0 saturated heterocycles. The predicted molar refractivity (Wildman–Crippen MR) is 160 cm³/mol. The van der Waals surface area contributed by atoms with Gasteiger partial charge >= 0.3 is 0 Å². The number of benzene rings is 4. The Labute approximate surface area is 228 Å². The molecule has 4 heterocycles. The lowest BCUT2D eigenvalue weighted by Crippen LogP contribution is -1.97. The highest BCUT2D eigenvalue weighted by Gasteiger charge is 2.15. The Morgan fingerprint density at radius 2 is 1.54 bits per heavy atom. The average Bonchev–Trinajstić information content (AvgIpc) is 3.75. The van der Waals surface area contributed by atoms with Crippen molar-refractivity contribution in [3.63, 3.8) is 0 Å². The van der Waals surface area contributed by atoms with Crippen molar-refractivity contribution in [1.29, 1.82) is 0 Å². The summed E-state index contributed by atoms with van der Waals surface area (Å²) >= 11 is 1.73. The summed E-state index contributed by atoms with van der Waals surface area (Å²) in [5.74, 6) is 0. The largest absolute Gasteiger partial charge is 0.309 e. The van der Waals surface area contributed by atoms with E-state index in [0.717, 1.165) is 44.2 Å². The van der Waals surface area contributed by atoms with Crippen molar-refractivity contribution in [2.75, 3.05) is 0 Å². The number of pyridine rings is 1. The molecule has 0 saturated carbocycles. The zero-order chi connectivity index (χ0) is 25.8. The molecule has 0 amide bonds. The van der Waals surface area contributed by atoms with Gasteiger partial charge in [0.2, 0.25) is 0 Å². The van der Waals surface area contributed by atoms with Crippen LogP contribution in [-0.4, -0.2) is 24.3 Å². The molecule has 4 aromatic carbocycles. The van der Waals surface area contributed by atoms with Crippen LogP contribution in [0.4, 0.5) is 0 Å².